The molecule has 0 saturated carbocycles. The SMILES string of the molecule is Cc1nc(-c2cccc(C(F)(F)F)c2)nc(N2CCN(S(=O)(=O)c3ccc(Cl)c([N+](=O)[O-])c3)CC2)c1Cc1ccccc1. The lowest BCUT2D eigenvalue weighted by Crippen LogP contribution is -2.49. The third kappa shape index (κ3) is 6.48. The Bertz CT molecular complexity index is 1780. The van der Waals surface area contributed by atoms with E-state index in [9.17, 15) is 31.7 Å². The summed E-state index contributed by atoms with van der Waals surface area (Å²) in [5, 5.41) is 11.1. The number of piperazine rings is 1. The van der Waals surface area contributed by atoms with Gasteiger partial charge in [-0.05, 0) is 36.8 Å². The molecule has 0 amide bonds. The van der Waals surface area contributed by atoms with Crippen molar-refractivity contribution in [2.75, 3.05) is 31.1 Å². The largest absolute Gasteiger partial charge is 0.416 e. The highest BCUT2D eigenvalue weighted by Crippen LogP contribution is 2.34. The minimum Gasteiger partial charge on any atom is -0.354 e. The van der Waals surface area contributed by atoms with Crippen molar-refractivity contribution in [2.45, 2.75) is 24.4 Å². The minimum absolute atomic E-state index is 0.0471. The van der Waals surface area contributed by atoms with Crippen LogP contribution in [0.5, 0.6) is 0 Å². The topological polar surface area (TPSA) is 110 Å². The van der Waals surface area contributed by atoms with Gasteiger partial charge >= 0.3 is 6.18 Å². The summed E-state index contributed by atoms with van der Waals surface area (Å²) in [6, 6.07) is 17.7. The molecule has 5 rings (SSSR count). The number of aromatic nitrogens is 2. The molecule has 0 radical (unpaired) electrons. The van der Waals surface area contributed by atoms with Crippen molar-refractivity contribution in [3.8, 4) is 11.4 Å². The number of nitrogens with zero attached hydrogens (tertiary/aromatic N) is 5. The van der Waals surface area contributed by atoms with E-state index in [1.54, 1.807) is 6.92 Å². The number of hydrogen-bond donors (Lipinski definition) is 0. The van der Waals surface area contributed by atoms with Gasteiger partial charge < -0.3 is 4.90 Å². The van der Waals surface area contributed by atoms with Gasteiger partial charge in [0, 0.05) is 55.5 Å². The normalized spacial score (nSPS) is 14.6. The summed E-state index contributed by atoms with van der Waals surface area (Å²) in [6.45, 7) is 2.30. The van der Waals surface area contributed by atoms with Crippen LogP contribution in [0.15, 0.2) is 77.7 Å². The van der Waals surface area contributed by atoms with E-state index in [1.807, 2.05) is 35.2 Å². The van der Waals surface area contributed by atoms with Crippen LogP contribution in [0, 0.1) is 17.0 Å². The Morgan fingerprint density at radius 3 is 2.30 bits per heavy atom. The molecule has 0 bridgehead atoms. The van der Waals surface area contributed by atoms with Crippen molar-refractivity contribution in [3.05, 3.63) is 110 Å². The van der Waals surface area contributed by atoms with Gasteiger partial charge in [0.2, 0.25) is 10.0 Å². The number of alkyl halides is 3. The van der Waals surface area contributed by atoms with E-state index in [1.165, 1.54) is 28.6 Å². The molecule has 0 N–H and O–H groups in total. The van der Waals surface area contributed by atoms with E-state index in [0.717, 1.165) is 29.3 Å². The first-order valence-corrected chi connectivity index (χ1v) is 14.9. The Morgan fingerprint density at radius 2 is 1.65 bits per heavy atom. The van der Waals surface area contributed by atoms with Gasteiger partial charge in [0.05, 0.1) is 15.4 Å². The average Bonchev–Trinajstić information content (AvgIpc) is 2.98. The molecule has 14 heteroatoms. The number of aryl methyl sites for hydroxylation is 1. The van der Waals surface area contributed by atoms with E-state index in [-0.39, 0.29) is 47.5 Å². The number of sulfonamides is 1. The van der Waals surface area contributed by atoms with Crippen LogP contribution in [0.25, 0.3) is 11.4 Å². The molecule has 0 unspecified atom stereocenters. The highest BCUT2D eigenvalue weighted by Gasteiger charge is 2.33. The van der Waals surface area contributed by atoms with Crippen LogP contribution >= 0.6 is 11.6 Å². The predicted octanol–water partition coefficient (Wildman–Crippen LogP) is 6.13. The summed E-state index contributed by atoms with van der Waals surface area (Å²) in [6.07, 6.45) is -4.08. The van der Waals surface area contributed by atoms with Crippen molar-refractivity contribution < 1.29 is 26.5 Å². The number of nitro benzene ring substituents is 1. The zero-order valence-corrected chi connectivity index (χ0v) is 24.3. The van der Waals surface area contributed by atoms with Crippen LogP contribution in [0.2, 0.25) is 5.02 Å². The van der Waals surface area contributed by atoms with Gasteiger partial charge in [0.25, 0.3) is 5.69 Å². The molecule has 0 atom stereocenters. The Kier molecular flexibility index (Phi) is 8.41. The smallest absolute Gasteiger partial charge is 0.354 e. The maximum Gasteiger partial charge on any atom is 0.416 e. The van der Waals surface area contributed by atoms with E-state index < -0.39 is 32.4 Å². The van der Waals surface area contributed by atoms with Gasteiger partial charge in [-0.25, -0.2) is 18.4 Å². The highest BCUT2D eigenvalue weighted by atomic mass is 35.5. The van der Waals surface area contributed by atoms with E-state index in [0.29, 0.717) is 17.9 Å². The lowest BCUT2D eigenvalue weighted by atomic mass is 10.0. The monoisotopic (exact) mass is 631 g/mol. The Balaban J connectivity index is 1.48. The number of rotatable bonds is 7. The number of nitro groups is 1. The molecule has 224 valence electrons. The van der Waals surface area contributed by atoms with Crippen LogP contribution in [0.1, 0.15) is 22.4 Å². The summed E-state index contributed by atoms with van der Waals surface area (Å²) >= 11 is 5.86. The summed E-state index contributed by atoms with van der Waals surface area (Å²) in [7, 11) is -4.07. The summed E-state index contributed by atoms with van der Waals surface area (Å²) in [5.41, 5.74) is 1.22. The van der Waals surface area contributed by atoms with Crippen molar-refractivity contribution in [1.82, 2.24) is 14.3 Å². The fourth-order valence-electron chi connectivity index (χ4n) is 4.90. The Hall–Kier alpha value is -4.07. The zero-order valence-electron chi connectivity index (χ0n) is 22.8. The van der Waals surface area contributed by atoms with Crippen LogP contribution < -0.4 is 4.90 Å². The fourth-order valence-corrected chi connectivity index (χ4v) is 6.52. The minimum atomic E-state index is -4.53. The number of hydrogen-bond acceptors (Lipinski definition) is 7. The molecule has 0 aliphatic carbocycles. The first-order chi connectivity index (χ1) is 20.3. The highest BCUT2D eigenvalue weighted by molar-refractivity contribution is 7.89. The summed E-state index contributed by atoms with van der Waals surface area (Å²) < 4.78 is 68.2. The van der Waals surface area contributed by atoms with Crippen molar-refractivity contribution in [2.24, 2.45) is 0 Å². The number of benzene rings is 3. The van der Waals surface area contributed by atoms with Crippen LogP contribution in [-0.4, -0.2) is 53.8 Å². The van der Waals surface area contributed by atoms with Crippen molar-refractivity contribution in [3.63, 3.8) is 0 Å². The molecular weight excluding hydrogens is 607 g/mol. The molecule has 2 heterocycles. The van der Waals surface area contributed by atoms with Gasteiger partial charge in [0.1, 0.15) is 10.8 Å². The zero-order chi connectivity index (χ0) is 30.9. The third-order valence-corrected chi connectivity index (χ3v) is 9.37. The Morgan fingerprint density at radius 1 is 0.953 bits per heavy atom. The fraction of sp³-hybridized carbons (Fsp3) is 0.241. The number of anilines is 1. The van der Waals surface area contributed by atoms with Gasteiger partial charge in [-0.2, -0.15) is 17.5 Å². The molecule has 1 aliphatic heterocycles. The van der Waals surface area contributed by atoms with E-state index >= 15 is 0 Å². The average molecular weight is 632 g/mol. The maximum absolute atomic E-state index is 13.4. The first-order valence-electron chi connectivity index (χ1n) is 13.1. The van der Waals surface area contributed by atoms with Gasteiger partial charge in [-0.1, -0.05) is 54.1 Å². The third-order valence-electron chi connectivity index (χ3n) is 7.15. The van der Waals surface area contributed by atoms with Crippen molar-refractivity contribution >= 4 is 33.1 Å². The van der Waals surface area contributed by atoms with Crippen molar-refractivity contribution in [1.29, 1.82) is 0 Å². The molecule has 1 aromatic heterocycles. The maximum atomic E-state index is 13.4. The summed E-state index contributed by atoms with van der Waals surface area (Å²) in [4.78, 5) is 21.5. The second kappa shape index (κ2) is 11.9. The van der Waals surface area contributed by atoms with Crippen LogP contribution in [0.4, 0.5) is 24.7 Å². The Labute approximate surface area is 250 Å². The number of halogens is 4. The second-order valence-corrected chi connectivity index (χ2v) is 12.3. The van der Waals surface area contributed by atoms with Gasteiger partial charge in [-0.3, -0.25) is 10.1 Å². The quantitative estimate of drug-likeness (QED) is 0.178. The molecule has 1 aliphatic rings. The van der Waals surface area contributed by atoms with Gasteiger partial charge in [0.15, 0.2) is 5.82 Å². The predicted molar refractivity (Wildman–Crippen MR) is 156 cm³/mol. The molecule has 9 nitrogen and oxygen atoms in total. The van der Waals surface area contributed by atoms with E-state index in [4.69, 9.17) is 16.6 Å². The molecular formula is C29H25ClF3N5O4S. The molecule has 0 spiro atoms. The molecule has 1 fully saturated rings. The standard InChI is InChI=1S/C29H25ClF3N5O4S/c1-19-24(16-20-6-3-2-4-7-20)28(35-27(34-19)21-8-5-9-22(17-21)29(31,32)33)36-12-14-37(15-13-36)43(41,42)23-10-11-25(30)26(18-23)38(39)40/h2-11,17-18H,12-16H2,1H3. The second-order valence-electron chi connectivity index (χ2n) is 9.94. The lowest BCUT2D eigenvalue weighted by molar-refractivity contribution is -0.384. The van der Waals surface area contributed by atoms with Gasteiger partial charge in [-0.15, -0.1) is 0 Å². The molecule has 1 saturated heterocycles. The first kappa shape index (κ1) is 30.4. The van der Waals surface area contributed by atoms with E-state index in [2.05, 4.69) is 4.98 Å². The molecule has 4 aromatic rings. The van der Waals surface area contributed by atoms with Crippen LogP contribution in [-0.2, 0) is 22.6 Å². The molecule has 43 heavy (non-hydrogen) atoms. The lowest BCUT2D eigenvalue weighted by Gasteiger charge is -2.36. The van der Waals surface area contributed by atoms with Crippen LogP contribution in [0.3, 0.4) is 0 Å². The molecule has 3 aromatic carbocycles. The summed E-state index contributed by atoms with van der Waals surface area (Å²) in [5.74, 6) is 0.627.